The minimum absolute atomic E-state index is 0.412. The van der Waals surface area contributed by atoms with E-state index in [1.807, 2.05) is 24.3 Å². The lowest BCUT2D eigenvalue weighted by molar-refractivity contribution is 0.263. The van der Waals surface area contributed by atoms with Gasteiger partial charge in [0.05, 0.1) is 13.2 Å². The van der Waals surface area contributed by atoms with Gasteiger partial charge in [0.2, 0.25) is 10.9 Å². The zero-order valence-electron chi connectivity index (χ0n) is 31.8. The van der Waals surface area contributed by atoms with Crippen LogP contribution in [0.3, 0.4) is 0 Å². The van der Waals surface area contributed by atoms with Crippen LogP contribution in [0.5, 0.6) is 11.5 Å². The lowest BCUT2D eigenvalue weighted by Gasteiger charge is -2.24. The van der Waals surface area contributed by atoms with Crippen molar-refractivity contribution in [2.24, 2.45) is 0 Å². The van der Waals surface area contributed by atoms with E-state index in [0.717, 1.165) is 78.2 Å². The summed E-state index contributed by atoms with van der Waals surface area (Å²) in [5, 5.41) is 11.4. The first-order valence-corrected chi connectivity index (χ1v) is 21.0. The van der Waals surface area contributed by atoms with Crippen LogP contribution in [0.2, 0.25) is 0 Å². The highest BCUT2D eigenvalue weighted by molar-refractivity contribution is 6.45. The summed E-state index contributed by atoms with van der Waals surface area (Å²) in [6.07, 6.45) is 25.6. The Morgan fingerprint density at radius 1 is 0.346 bits per heavy atom. The second kappa shape index (κ2) is 17.3. The summed E-state index contributed by atoms with van der Waals surface area (Å²) in [7, 11) is 0. The summed E-state index contributed by atoms with van der Waals surface area (Å²) < 4.78 is 13.6. The quantitative estimate of drug-likeness (QED) is 0.0273. The fourth-order valence-electron chi connectivity index (χ4n) is 8.94. The third-order valence-corrected chi connectivity index (χ3v) is 11.8. The summed E-state index contributed by atoms with van der Waals surface area (Å²) in [6, 6.07) is 16.4. The van der Waals surface area contributed by atoms with Crippen molar-refractivity contribution in [2.45, 2.75) is 142 Å². The highest BCUT2D eigenvalue weighted by Crippen LogP contribution is 2.53. The Labute approximate surface area is 309 Å². The third kappa shape index (κ3) is 7.20. The molecule has 0 unspecified atom stereocenters. The van der Waals surface area contributed by atoms with Gasteiger partial charge in [-0.05, 0) is 58.7 Å². The highest BCUT2D eigenvalue weighted by Gasteiger charge is 2.27. The number of unbranched alkanes of at least 4 members (excludes halogenated alkanes) is 18. The molecular formula is C48H58O4. The minimum atomic E-state index is -0.412. The van der Waals surface area contributed by atoms with Crippen LogP contribution in [0.25, 0.3) is 64.6 Å². The summed E-state index contributed by atoms with van der Waals surface area (Å²) >= 11 is 0. The first-order valence-electron chi connectivity index (χ1n) is 21.0. The third-order valence-electron chi connectivity index (χ3n) is 11.8. The summed E-state index contributed by atoms with van der Waals surface area (Å²) in [5.41, 5.74) is -0.824. The van der Waals surface area contributed by atoms with Crippen molar-refractivity contribution < 1.29 is 9.47 Å². The smallest absolute Gasteiger partial charge is 0.234 e. The average molecular weight is 699 g/mol. The molecule has 52 heavy (non-hydrogen) atoms. The lowest BCUT2D eigenvalue weighted by atomic mass is 9.82. The first-order chi connectivity index (χ1) is 25.7. The average Bonchev–Trinajstić information content (AvgIpc) is 3.17. The molecule has 0 aliphatic rings. The van der Waals surface area contributed by atoms with E-state index < -0.39 is 10.9 Å². The second-order valence-corrected chi connectivity index (χ2v) is 15.5. The predicted octanol–water partition coefficient (Wildman–Crippen LogP) is 13.7. The maximum Gasteiger partial charge on any atom is 0.234 e. The van der Waals surface area contributed by atoms with Crippen molar-refractivity contribution in [1.29, 1.82) is 0 Å². The van der Waals surface area contributed by atoms with Crippen LogP contribution in [0.4, 0.5) is 0 Å². The maximum atomic E-state index is 13.5. The van der Waals surface area contributed by atoms with Gasteiger partial charge in [0, 0.05) is 43.1 Å². The maximum absolute atomic E-state index is 13.5. The molecule has 7 aromatic carbocycles. The predicted molar refractivity (Wildman–Crippen MR) is 223 cm³/mol. The van der Waals surface area contributed by atoms with Gasteiger partial charge in [-0.15, -0.1) is 0 Å². The van der Waals surface area contributed by atoms with Crippen molar-refractivity contribution in [2.75, 3.05) is 13.2 Å². The van der Waals surface area contributed by atoms with E-state index in [1.165, 1.54) is 116 Å². The number of hydrogen-bond donors (Lipinski definition) is 0. The van der Waals surface area contributed by atoms with Gasteiger partial charge in [-0.25, -0.2) is 0 Å². The molecule has 0 bridgehead atoms. The van der Waals surface area contributed by atoms with Crippen LogP contribution in [-0.4, -0.2) is 13.2 Å². The zero-order valence-corrected chi connectivity index (χ0v) is 31.8. The molecule has 274 valence electrons. The van der Waals surface area contributed by atoms with Gasteiger partial charge in [0.25, 0.3) is 0 Å². The fourth-order valence-corrected chi connectivity index (χ4v) is 8.94. The van der Waals surface area contributed by atoms with Crippen molar-refractivity contribution in [3.8, 4) is 11.5 Å². The fraction of sp³-hybridized carbons (Fsp3) is 0.500. The molecule has 4 nitrogen and oxygen atoms in total. The molecular weight excluding hydrogens is 641 g/mol. The number of benzene rings is 7. The number of ether oxygens (including phenoxy) is 2. The van der Waals surface area contributed by atoms with Crippen molar-refractivity contribution in [3.63, 3.8) is 0 Å². The lowest BCUT2D eigenvalue weighted by Crippen LogP contribution is -2.24. The molecule has 0 saturated heterocycles. The molecule has 0 radical (unpaired) electrons. The van der Waals surface area contributed by atoms with Gasteiger partial charge in [0.1, 0.15) is 0 Å². The molecule has 0 N–H and O–H groups in total. The van der Waals surface area contributed by atoms with Crippen molar-refractivity contribution in [3.05, 3.63) is 69.0 Å². The first kappa shape index (κ1) is 36.4. The Balaban J connectivity index is 1.18. The normalized spacial score (nSPS) is 12.3. The van der Waals surface area contributed by atoms with Gasteiger partial charge in [0.15, 0.2) is 11.5 Å². The molecule has 0 fully saturated rings. The standard InChI is InChI=1S/C48H58O4/c1-3-5-7-9-11-13-15-17-19-21-31-51-47-37-29-25-33-23-27-35-41-39(33)43(37)44-38(48(47)52-32-22-20-18-16-14-12-10-8-6-4-2)30-26-34-24-28-36(42(41)40(34)44)46(50)45(35)49/h23-30H,3-22,31-32H2,1-2H3. The summed E-state index contributed by atoms with van der Waals surface area (Å²) in [6.45, 7) is 5.84. The molecule has 0 saturated carbocycles. The zero-order chi connectivity index (χ0) is 35.9. The van der Waals surface area contributed by atoms with E-state index in [-0.39, 0.29) is 0 Å². The number of rotatable bonds is 24. The summed E-state index contributed by atoms with van der Waals surface area (Å²) in [5.74, 6) is 1.64. The molecule has 4 heteroatoms. The molecule has 0 aliphatic carbocycles. The van der Waals surface area contributed by atoms with Gasteiger partial charge in [-0.2, -0.15) is 0 Å². The van der Waals surface area contributed by atoms with Crippen molar-refractivity contribution >= 4 is 64.6 Å². The van der Waals surface area contributed by atoms with Crippen LogP contribution in [0.1, 0.15) is 142 Å². The Bertz CT molecular complexity index is 2130. The van der Waals surface area contributed by atoms with E-state index in [9.17, 15) is 9.59 Å². The van der Waals surface area contributed by atoms with Crippen LogP contribution < -0.4 is 20.3 Å². The van der Waals surface area contributed by atoms with Crippen LogP contribution in [0.15, 0.2) is 58.1 Å². The molecule has 0 aromatic heterocycles. The monoisotopic (exact) mass is 698 g/mol. The van der Waals surface area contributed by atoms with E-state index in [0.29, 0.717) is 24.0 Å². The Morgan fingerprint density at radius 2 is 0.635 bits per heavy atom. The van der Waals surface area contributed by atoms with Crippen LogP contribution in [0, 0.1) is 0 Å². The molecule has 0 aliphatic heterocycles. The molecule has 0 spiro atoms. The topological polar surface area (TPSA) is 52.6 Å². The van der Waals surface area contributed by atoms with Gasteiger partial charge in [-0.3, -0.25) is 9.59 Å². The van der Waals surface area contributed by atoms with Gasteiger partial charge < -0.3 is 9.47 Å². The van der Waals surface area contributed by atoms with E-state index >= 15 is 0 Å². The van der Waals surface area contributed by atoms with E-state index in [1.54, 1.807) is 0 Å². The Kier molecular flexibility index (Phi) is 12.1. The second-order valence-electron chi connectivity index (χ2n) is 15.5. The van der Waals surface area contributed by atoms with E-state index in [2.05, 4.69) is 38.1 Å². The Morgan fingerprint density at radius 3 is 0.981 bits per heavy atom. The molecule has 0 amide bonds. The summed E-state index contributed by atoms with van der Waals surface area (Å²) in [4.78, 5) is 26.9. The minimum Gasteiger partial charge on any atom is -0.489 e. The molecule has 0 heterocycles. The highest BCUT2D eigenvalue weighted by atomic mass is 16.5. The largest absolute Gasteiger partial charge is 0.489 e. The van der Waals surface area contributed by atoms with Crippen LogP contribution in [-0.2, 0) is 0 Å². The van der Waals surface area contributed by atoms with Crippen LogP contribution >= 0.6 is 0 Å². The van der Waals surface area contributed by atoms with Crippen molar-refractivity contribution in [1.82, 2.24) is 0 Å². The molecule has 7 aromatic rings. The van der Waals surface area contributed by atoms with Gasteiger partial charge in [-0.1, -0.05) is 154 Å². The SMILES string of the molecule is CCCCCCCCCCCCOc1c(OCCCCCCCCCCCC)c2ccc3ccc4c(=O)c(=O)c5ccc6ccc1c1c6c5c4c3c21. The Hall–Kier alpha value is -3.92. The number of hydrogen-bond acceptors (Lipinski definition) is 4. The molecule has 0 atom stereocenters. The van der Waals surface area contributed by atoms with E-state index in [4.69, 9.17) is 9.47 Å². The van der Waals surface area contributed by atoms with Gasteiger partial charge >= 0.3 is 0 Å². The molecule has 7 rings (SSSR count).